The van der Waals surface area contributed by atoms with E-state index >= 15 is 0 Å². The number of hydrogen-bond acceptors (Lipinski definition) is 4. The van der Waals surface area contributed by atoms with Crippen LogP contribution in [0.25, 0.3) is 0 Å². The molecule has 6 heteroatoms. The number of nitrogens with zero attached hydrogens (tertiary/aromatic N) is 1. The Hall–Kier alpha value is -1.33. The summed E-state index contributed by atoms with van der Waals surface area (Å²) in [7, 11) is 0. The molecule has 1 aromatic heterocycles. The van der Waals surface area contributed by atoms with E-state index in [1.807, 2.05) is 6.92 Å². The van der Waals surface area contributed by atoms with Crippen LogP contribution in [0.3, 0.4) is 0 Å². The van der Waals surface area contributed by atoms with Crippen LogP contribution < -0.4 is 10.1 Å². The third-order valence-corrected chi connectivity index (χ3v) is 6.26. The number of pyridine rings is 1. The number of carbonyl (C=O) groups excluding carboxylic acids is 1. The lowest BCUT2D eigenvalue weighted by atomic mass is 9.52. The zero-order chi connectivity index (χ0) is 17.6. The molecule has 0 saturated heterocycles. The van der Waals surface area contributed by atoms with Gasteiger partial charge in [-0.3, -0.25) is 4.79 Å². The van der Waals surface area contributed by atoms with Crippen LogP contribution >= 0.6 is 11.6 Å². The second-order valence-electron chi connectivity index (χ2n) is 8.03. The van der Waals surface area contributed by atoms with Gasteiger partial charge in [-0.05, 0) is 68.4 Å². The second-order valence-corrected chi connectivity index (χ2v) is 8.42. The van der Waals surface area contributed by atoms with E-state index in [4.69, 9.17) is 16.3 Å². The summed E-state index contributed by atoms with van der Waals surface area (Å²) in [5.41, 5.74) is -0.0556. The zero-order valence-corrected chi connectivity index (χ0v) is 15.3. The van der Waals surface area contributed by atoms with Crippen molar-refractivity contribution in [3.05, 3.63) is 22.8 Å². The normalized spacial score (nSPS) is 35.6. The SMILES string of the molecule is CCCOc1nc(Cl)ccc1C(=O)N[C@H]1C2CC3CC1C[C@@](O)(C3)C2. The smallest absolute Gasteiger partial charge is 0.257 e. The van der Waals surface area contributed by atoms with Crippen LogP contribution in [0.5, 0.6) is 5.88 Å². The van der Waals surface area contributed by atoms with Crippen molar-refractivity contribution in [1.82, 2.24) is 10.3 Å². The summed E-state index contributed by atoms with van der Waals surface area (Å²) in [5, 5.41) is 14.2. The maximum absolute atomic E-state index is 12.9. The molecule has 4 bridgehead atoms. The van der Waals surface area contributed by atoms with Gasteiger partial charge in [-0.1, -0.05) is 18.5 Å². The summed E-state index contributed by atoms with van der Waals surface area (Å²) < 4.78 is 5.62. The van der Waals surface area contributed by atoms with Crippen LogP contribution in [0.2, 0.25) is 5.15 Å². The van der Waals surface area contributed by atoms with Crippen LogP contribution in [0.4, 0.5) is 0 Å². The van der Waals surface area contributed by atoms with Crippen molar-refractivity contribution in [3.8, 4) is 5.88 Å². The summed E-state index contributed by atoms with van der Waals surface area (Å²) in [5.74, 6) is 1.52. The molecule has 1 amide bonds. The van der Waals surface area contributed by atoms with E-state index in [1.54, 1.807) is 12.1 Å². The van der Waals surface area contributed by atoms with Gasteiger partial charge in [0.2, 0.25) is 5.88 Å². The Morgan fingerprint density at radius 2 is 2.08 bits per heavy atom. The molecular formula is C19H25ClN2O3. The van der Waals surface area contributed by atoms with Gasteiger partial charge in [0.05, 0.1) is 12.2 Å². The van der Waals surface area contributed by atoms with Crippen molar-refractivity contribution >= 4 is 17.5 Å². The molecule has 25 heavy (non-hydrogen) atoms. The molecule has 4 saturated carbocycles. The molecule has 0 aliphatic heterocycles. The summed E-state index contributed by atoms with van der Waals surface area (Å²) in [4.78, 5) is 17.0. The molecule has 2 N–H and O–H groups in total. The van der Waals surface area contributed by atoms with Crippen molar-refractivity contribution in [2.24, 2.45) is 17.8 Å². The van der Waals surface area contributed by atoms with Gasteiger partial charge in [0, 0.05) is 6.04 Å². The van der Waals surface area contributed by atoms with Gasteiger partial charge in [0.1, 0.15) is 10.7 Å². The zero-order valence-electron chi connectivity index (χ0n) is 14.5. The number of aliphatic hydroxyl groups is 1. The molecule has 5 rings (SSSR count). The number of aromatic nitrogens is 1. The molecule has 2 unspecified atom stereocenters. The summed E-state index contributed by atoms with van der Waals surface area (Å²) in [6.45, 7) is 2.50. The Labute approximate surface area is 153 Å². The number of amides is 1. The van der Waals surface area contributed by atoms with Crippen molar-refractivity contribution in [3.63, 3.8) is 0 Å². The summed E-state index contributed by atoms with van der Waals surface area (Å²) >= 11 is 5.96. The number of ether oxygens (including phenoxy) is 1. The molecule has 0 aromatic carbocycles. The first-order chi connectivity index (χ1) is 12.0. The van der Waals surface area contributed by atoms with E-state index < -0.39 is 5.60 Å². The fourth-order valence-electron chi connectivity index (χ4n) is 5.35. The minimum atomic E-state index is -0.491. The van der Waals surface area contributed by atoms with Crippen LogP contribution in [0, 0.1) is 17.8 Å². The molecule has 2 atom stereocenters. The lowest BCUT2D eigenvalue weighted by Gasteiger charge is -2.58. The van der Waals surface area contributed by atoms with Gasteiger partial charge < -0.3 is 15.2 Å². The van der Waals surface area contributed by atoms with Crippen LogP contribution in [-0.2, 0) is 0 Å². The van der Waals surface area contributed by atoms with Gasteiger partial charge >= 0.3 is 0 Å². The largest absolute Gasteiger partial charge is 0.477 e. The number of nitrogens with one attached hydrogen (secondary N) is 1. The first kappa shape index (κ1) is 17.1. The van der Waals surface area contributed by atoms with Crippen molar-refractivity contribution in [1.29, 1.82) is 0 Å². The minimum absolute atomic E-state index is 0.138. The number of hydrogen-bond donors (Lipinski definition) is 2. The molecule has 136 valence electrons. The fraction of sp³-hybridized carbons (Fsp3) is 0.684. The van der Waals surface area contributed by atoms with Crippen LogP contribution in [0.1, 0.15) is 55.8 Å². The summed E-state index contributed by atoms with van der Waals surface area (Å²) in [6.07, 6.45) is 5.62. The van der Waals surface area contributed by atoms with E-state index in [0.29, 0.717) is 41.0 Å². The minimum Gasteiger partial charge on any atom is -0.477 e. The highest BCUT2D eigenvalue weighted by Crippen LogP contribution is 2.55. The molecule has 0 radical (unpaired) electrons. The maximum atomic E-state index is 12.9. The molecule has 5 nitrogen and oxygen atoms in total. The molecule has 1 aromatic rings. The Morgan fingerprint density at radius 1 is 1.36 bits per heavy atom. The second kappa shape index (κ2) is 6.44. The van der Waals surface area contributed by atoms with E-state index in [2.05, 4.69) is 10.3 Å². The predicted molar refractivity (Wildman–Crippen MR) is 94.8 cm³/mol. The lowest BCUT2D eigenvalue weighted by Crippen LogP contribution is -2.61. The maximum Gasteiger partial charge on any atom is 0.257 e. The van der Waals surface area contributed by atoms with Crippen molar-refractivity contribution in [2.45, 2.75) is 57.1 Å². The van der Waals surface area contributed by atoms with E-state index in [1.165, 1.54) is 0 Å². The standard InChI is InChI=1S/C19H25ClN2O3/c1-2-5-25-18-14(3-4-15(20)21-18)17(23)22-16-12-6-11-7-13(16)10-19(24,8-11)9-12/h3-4,11-13,16,24H,2,5-10H2,1H3,(H,22,23)/t11?,12?,13?,16-,19+. The molecule has 4 aliphatic rings. The van der Waals surface area contributed by atoms with Gasteiger partial charge in [0.15, 0.2) is 0 Å². The van der Waals surface area contributed by atoms with Crippen LogP contribution in [0.15, 0.2) is 12.1 Å². The quantitative estimate of drug-likeness (QED) is 0.787. The van der Waals surface area contributed by atoms with Gasteiger partial charge in [-0.15, -0.1) is 0 Å². The van der Waals surface area contributed by atoms with Gasteiger partial charge in [-0.2, -0.15) is 0 Å². The average molecular weight is 365 g/mol. The highest BCUT2D eigenvalue weighted by molar-refractivity contribution is 6.29. The molecule has 4 fully saturated rings. The van der Waals surface area contributed by atoms with Crippen molar-refractivity contribution < 1.29 is 14.6 Å². The highest BCUT2D eigenvalue weighted by Gasteiger charge is 2.55. The van der Waals surface area contributed by atoms with Crippen molar-refractivity contribution in [2.75, 3.05) is 6.61 Å². The van der Waals surface area contributed by atoms with E-state index in [-0.39, 0.29) is 11.9 Å². The fourth-order valence-corrected chi connectivity index (χ4v) is 5.49. The lowest BCUT2D eigenvalue weighted by molar-refractivity contribution is -0.136. The Morgan fingerprint density at radius 3 is 2.72 bits per heavy atom. The molecule has 4 aliphatic carbocycles. The van der Waals surface area contributed by atoms with E-state index in [0.717, 1.165) is 38.5 Å². The first-order valence-corrected chi connectivity index (χ1v) is 9.68. The Kier molecular flexibility index (Phi) is 4.40. The number of carbonyl (C=O) groups is 1. The topological polar surface area (TPSA) is 71.5 Å². The molecular weight excluding hydrogens is 340 g/mol. The third kappa shape index (κ3) is 3.24. The first-order valence-electron chi connectivity index (χ1n) is 9.30. The Bertz CT molecular complexity index is 665. The molecule has 0 spiro atoms. The monoisotopic (exact) mass is 364 g/mol. The average Bonchev–Trinajstić information content (AvgIpc) is 2.54. The number of halogens is 1. The predicted octanol–water partition coefficient (Wildman–Crippen LogP) is 3.19. The van der Waals surface area contributed by atoms with Gasteiger partial charge in [0.25, 0.3) is 5.91 Å². The third-order valence-electron chi connectivity index (χ3n) is 6.05. The molecule has 1 heterocycles. The Balaban J connectivity index is 1.51. The summed E-state index contributed by atoms with van der Waals surface area (Å²) in [6, 6.07) is 3.44. The highest BCUT2D eigenvalue weighted by atomic mass is 35.5. The number of rotatable bonds is 5. The van der Waals surface area contributed by atoms with Crippen LogP contribution in [-0.4, -0.2) is 34.2 Å². The van der Waals surface area contributed by atoms with E-state index in [9.17, 15) is 9.90 Å². The van der Waals surface area contributed by atoms with Gasteiger partial charge in [-0.25, -0.2) is 4.98 Å².